The van der Waals surface area contributed by atoms with Crippen LogP contribution in [-0.2, 0) is 11.3 Å². The number of carbonyl (C=O) groups is 1. The van der Waals surface area contributed by atoms with Crippen LogP contribution >= 0.6 is 0 Å². The fourth-order valence-electron chi connectivity index (χ4n) is 2.63. The van der Waals surface area contributed by atoms with E-state index in [9.17, 15) is 4.79 Å². The Bertz CT molecular complexity index is 583. The van der Waals surface area contributed by atoms with Gasteiger partial charge in [-0.05, 0) is 5.56 Å². The predicted octanol–water partition coefficient (Wildman–Crippen LogP) is 2.77. The first-order chi connectivity index (χ1) is 10.3. The van der Waals surface area contributed by atoms with Crippen LogP contribution in [0.25, 0.3) is 0 Å². The van der Waals surface area contributed by atoms with Crippen LogP contribution in [0.1, 0.15) is 15.9 Å². The molecule has 0 saturated carbocycles. The second-order valence-corrected chi connectivity index (χ2v) is 5.31. The molecular formula is C18H19NO2. The molecule has 0 amide bonds. The average Bonchev–Trinajstić information content (AvgIpc) is 2.56. The molecule has 108 valence electrons. The van der Waals surface area contributed by atoms with Crippen molar-refractivity contribution in [1.29, 1.82) is 0 Å². The minimum Gasteiger partial charge on any atom is -0.367 e. The first kappa shape index (κ1) is 14.0. The Balaban J connectivity index is 1.64. The van der Waals surface area contributed by atoms with Gasteiger partial charge in [0.05, 0.1) is 6.61 Å². The summed E-state index contributed by atoms with van der Waals surface area (Å²) in [6.07, 6.45) is -0.357. The molecule has 3 rings (SSSR count). The molecule has 1 atom stereocenters. The van der Waals surface area contributed by atoms with Gasteiger partial charge in [-0.15, -0.1) is 0 Å². The Hall–Kier alpha value is -1.97. The molecule has 0 aliphatic carbocycles. The van der Waals surface area contributed by atoms with E-state index in [-0.39, 0.29) is 11.9 Å². The van der Waals surface area contributed by atoms with E-state index in [0.717, 1.165) is 18.7 Å². The lowest BCUT2D eigenvalue weighted by molar-refractivity contribution is -0.0190. The van der Waals surface area contributed by atoms with Crippen molar-refractivity contribution in [3.05, 3.63) is 71.8 Å². The Labute approximate surface area is 125 Å². The van der Waals surface area contributed by atoms with Crippen molar-refractivity contribution in [2.75, 3.05) is 19.7 Å². The van der Waals surface area contributed by atoms with E-state index in [1.165, 1.54) is 5.56 Å². The first-order valence-corrected chi connectivity index (χ1v) is 7.30. The molecule has 0 bridgehead atoms. The van der Waals surface area contributed by atoms with Crippen molar-refractivity contribution in [2.24, 2.45) is 0 Å². The van der Waals surface area contributed by atoms with E-state index in [1.54, 1.807) is 0 Å². The van der Waals surface area contributed by atoms with E-state index >= 15 is 0 Å². The molecule has 1 aliphatic heterocycles. The first-order valence-electron chi connectivity index (χ1n) is 7.30. The molecule has 1 fully saturated rings. The fourth-order valence-corrected chi connectivity index (χ4v) is 2.63. The summed E-state index contributed by atoms with van der Waals surface area (Å²) in [7, 11) is 0. The molecule has 1 saturated heterocycles. The normalized spacial score (nSPS) is 19.3. The number of nitrogens with zero attached hydrogens (tertiary/aromatic N) is 1. The third kappa shape index (κ3) is 3.57. The lowest BCUT2D eigenvalue weighted by atomic mass is 10.0. The number of hydrogen-bond donors (Lipinski definition) is 0. The van der Waals surface area contributed by atoms with E-state index in [4.69, 9.17) is 4.74 Å². The van der Waals surface area contributed by atoms with Crippen LogP contribution in [0.3, 0.4) is 0 Å². The van der Waals surface area contributed by atoms with Crippen LogP contribution in [0.2, 0.25) is 0 Å². The monoisotopic (exact) mass is 281 g/mol. The maximum Gasteiger partial charge on any atom is 0.192 e. The number of rotatable bonds is 4. The van der Waals surface area contributed by atoms with Crippen LogP contribution in [0, 0.1) is 0 Å². The Morgan fingerprint density at radius 2 is 1.71 bits per heavy atom. The number of carbonyl (C=O) groups excluding carboxylic acids is 1. The maximum absolute atomic E-state index is 12.4. The van der Waals surface area contributed by atoms with Crippen molar-refractivity contribution >= 4 is 5.78 Å². The second kappa shape index (κ2) is 6.66. The van der Waals surface area contributed by atoms with Gasteiger partial charge in [-0.2, -0.15) is 0 Å². The summed E-state index contributed by atoms with van der Waals surface area (Å²) in [6.45, 7) is 2.99. The van der Waals surface area contributed by atoms with Crippen LogP contribution in [0.5, 0.6) is 0 Å². The van der Waals surface area contributed by atoms with Gasteiger partial charge in [0.25, 0.3) is 0 Å². The standard InChI is InChI=1S/C18H19NO2/c20-18(16-9-5-2-6-10-16)17-14-19(11-12-21-17)13-15-7-3-1-4-8-15/h1-10,17H,11-14H2/t17-/m1/s1. The van der Waals surface area contributed by atoms with E-state index in [0.29, 0.717) is 13.2 Å². The summed E-state index contributed by atoms with van der Waals surface area (Å²) >= 11 is 0. The minimum absolute atomic E-state index is 0.0772. The van der Waals surface area contributed by atoms with Gasteiger partial charge in [-0.3, -0.25) is 9.69 Å². The lowest BCUT2D eigenvalue weighted by Gasteiger charge is -2.32. The summed E-state index contributed by atoms with van der Waals surface area (Å²) in [4.78, 5) is 14.7. The highest BCUT2D eigenvalue weighted by Gasteiger charge is 2.27. The zero-order valence-electron chi connectivity index (χ0n) is 11.9. The van der Waals surface area contributed by atoms with Gasteiger partial charge in [-0.25, -0.2) is 0 Å². The third-order valence-electron chi connectivity index (χ3n) is 3.75. The SMILES string of the molecule is O=C(c1ccccc1)[C@H]1CN(Cc2ccccc2)CCO1. The number of ether oxygens (including phenoxy) is 1. The van der Waals surface area contributed by atoms with Crippen molar-refractivity contribution in [2.45, 2.75) is 12.6 Å². The highest BCUT2D eigenvalue weighted by molar-refractivity contribution is 5.99. The molecule has 0 unspecified atom stereocenters. The largest absolute Gasteiger partial charge is 0.367 e. The summed E-state index contributed by atoms with van der Waals surface area (Å²) < 4.78 is 5.67. The van der Waals surface area contributed by atoms with Gasteiger partial charge in [0.1, 0.15) is 6.10 Å². The summed E-state index contributed by atoms with van der Waals surface area (Å²) in [5.74, 6) is 0.0772. The van der Waals surface area contributed by atoms with E-state index < -0.39 is 0 Å². The molecular weight excluding hydrogens is 262 g/mol. The lowest BCUT2D eigenvalue weighted by Crippen LogP contribution is -2.45. The highest BCUT2D eigenvalue weighted by atomic mass is 16.5. The van der Waals surface area contributed by atoms with Crippen LogP contribution in [0.15, 0.2) is 60.7 Å². The maximum atomic E-state index is 12.4. The molecule has 2 aromatic rings. The van der Waals surface area contributed by atoms with Crippen molar-refractivity contribution in [3.8, 4) is 0 Å². The quantitative estimate of drug-likeness (QED) is 0.807. The molecule has 2 aromatic carbocycles. The van der Waals surface area contributed by atoms with Crippen LogP contribution < -0.4 is 0 Å². The van der Waals surface area contributed by atoms with Gasteiger partial charge >= 0.3 is 0 Å². The third-order valence-corrected chi connectivity index (χ3v) is 3.75. The summed E-state index contributed by atoms with van der Waals surface area (Å²) in [5.41, 5.74) is 1.99. The van der Waals surface area contributed by atoms with Gasteiger partial charge in [0, 0.05) is 25.2 Å². The number of Topliss-reactive ketones (excluding diaryl/α,β-unsaturated/α-hetero) is 1. The molecule has 1 heterocycles. The molecule has 3 nitrogen and oxygen atoms in total. The van der Waals surface area contributed by atoms with E-state index in [2.05, 4.69) is 17.0 Å². The Kier molecular flexibility index (Phi) is 4.43. The molecule has 0 radical (unpaired) electrons. The number of hydrogen-bond acceptors (Lipinski definition) is 3. The average molecular weight is 281 g/mol. The highest BCUT2D eigenvalue weighted by Crippen LogP contribution is 2.14. The Morgan fingerprint density at radius 3 is 2.43 bits per heavy atom. The van der Waals surface area contributed by atoms with Crippen molar-refractivity contribution < 1.29 is 9.53 Å². The summed E-state index contributed by atoms with van der Waals surface area (Å²) in [5, 5.41) is 0. The van der Waals surface area contributed by atoms with Crippen LogP contribution in [-0.4, -0.2) is 36.5 Å². The predicted molar refractivity (Wildman–Crippen MR) is 82.2 cm³/mol. The molecule has 21 heavy (non-hydrogen) atoms. The van der Waals surface area contributed by atoms with Gasteiger partial charge in [0.15, 0.2) is 5.78 Å². The molecule has 0 N–H and O–H groups in total. The fraction of sp³-hybridized carbons (Fsp3) is 0.278. The van der Waals surface area contributed by atoms with Gasteiger partial charge < -0.3 is 4.74 Å². The van der Waals surface area contributed by atoms with Crippen molar-refractivity contribution in [1.82, 2.24) is 4.90 Å². The molecule has 0 spiro atoms. The van der Waals surface area contributed by atoms with E-state index in [1.807, 2.05) is 48.5 Å². The zero-order valence-corrected chi connectivity index (χ0v) is 11.9. The molecule has 3 heteroatoms. The number of morpholine rings is 1. The summed E-state index contributed by atoms with van der Waals surface area (Å²) in [6, 6.07) is 19.7. The molecule has 0 aromatic heterocycles. The van der Waals surface area contributed by atoms with Gasteiger partial charge in [0.2, 0.25) is 0 Å². The zero-order chi connectivity index (χ0) is 14.5. The minimum atomic E-state index is -0.357. The Morgan fingerprint density at radius 1 is 1.05 bits per heavy atom. The second-order valence-electron chi connectivity index (χ2n) is 5.31. The van der Waals surface area contributed by atoms with Crippen LogP contribution in [0.4, 0.5) is 0 Å². The van der Waals surface area contributed by atoms with Gasteiger partial charge in [-0.1, -0.05) is 60.7 Å². The van der Waals surface area contributed by atoms with Crippen molar-refractivity contribution in [3.63, 3.8) is 0 Å². The topological polar surface area (TPSA) is 29.5 Å². The number of ketones is 1. The molecule has 1 aliphatic rings. The smallest absolute Gasteiger partial charge is 0.192 e. The number of benzene rings is 2.